The summed E-state index contributed by atoms with van der Waals surface area (Å²) in [6, 6.07) is 5.92. The number of thiophene rings is 1. The number of rotatable bonds is 5. The highest BCUT2D eigenvalue weighted by Crippen LogP contribution is 2.11. The summed E-state index contributed by atoms with van der Waals surface area (Å²) in [4.78, 5) is 4.82. The van der Waals surface area contributed by atoms with Gasteiger partial charge in [-0.15, -0.1) is 0 Å². The molecule has 0 saturated heterocycles. The lowest BCUT2D eigenvalue weighted by Crippen LogP contribution is -2.12. The first kappa shape index (κ1) is 13.0. The summed E-state index contributed by atoms with van der Waals surface area (Å²) in [6.07, 6.45) is 0.988. The second-order valence-electron chi connectivity index (χ2n) is 4.06. The Morgan fingerprint density at radius 1 is 1.50 bits per heavy atom. The number of aryl methyl sites for hydroxylation is 1. The third kappa shape index (κ3) is 3.51. The van der Waals surface area contributed by atoms with Gasteiger partial charge >= 0.3 is 0 Å². The molecule has 18 heavy (non-hydrogen) atoms. The van der Waals surface area contributed by atoms with Crippen molar-refractivity contribution in [2.75, 3.05) is 11.9 Å². The third-order valence-electron chi connectivity index (χ3n) is 2.54. The van der Waals surface area contributed by atoms with Crippen LogP contribution >= 0.6 is 23.6 Å². The van der Waals surface area contributed by atoms with Crippen molar-refractivity contribution in [1.29, 1.82) is 0 Å². The lowest BCUT2D eigenvalue weighted by molar-refractivity contribution is 1.01. The monoisotopic (exact) mass is 277 g/mol. The Morgan fingerprint density at radius 2 is 2.33 bits per heavy atom. The first-order valence-corrected chi connectivity index (χ1v) is 7.03. The molecular weight excluding hydrogens is 262 g/mol. The topological polar surface area (TPSA) is 50.9 Å². The zero-order chi connectivity index (χ0) is 13.0. The van der Waals surface area contributed by atoms with Crippen LogP contribution in [0, 0.1) is 6.92 Å². The van der Waals surface area contributed by atoms with Crippen molar-refractivity contribution in [2.24, 2.45) is 5.73 Å². The molecule has 0 amide bonds. The highest BCUT2D eigenvalue weighted by molar-refractivity contribution is 7.80. The van der Waals surface area contributed by atoms with E-state index in [9.17, 15) is 0 Å². The van der Waals surface area contributed by atoms with Crippen molar-refractivity contribution in [2.45, 2.75) is 13.3 Å². The van der Waals surface area contributed by atoms with E-state index >= 15 is 0 Å². The van der Waals surface area contributed by atoms with E-state index in [1.807, 2.05) is 19.1 Å². The van der Waals surface area contributed by atoms with Crippen molar-refractivity contribution < 1.29 is 0 Å². The summed E-state index contributed by atoms with van der Waals surface area (Å²) in [5.41, 5.74) is 8.75. The van der Waals surface area contributed by atoms with E-state index < -0.39 is 0 Å². The van der Waals surface area contributed by atoms with Crippen LogP contribution in [0.1, 0.15) is 16.8 Å². The van der Waals surface area contributed by atoms with E-state index in [0.29, 0.717) is 4.99 Å². The summed E-state index contributed by atoms with van der Waals surface area (Å²) < 4.78 is 0. The van der Waals surface area contributed by atoms with Gasteiger partial charge in [0.15, 0.2) is 0 Å². The van der Waals surface area contributed by atoms with Crippen LogP contribution in [0.5, 0.6) is 0 Å². The summed E-state index contributed by atoms with van der Waals surface area (Å²) in [7, 11) is 0. The quantitative estimate of drug-likeness (QED) is 0.825. The van der Waals surface area contributed by atoms with Gasteiger partial charge in [0.1, 0.15) is 10.8 Å². The second kappa shape index (κ2) is 5.93. The lowest BCUT2D eigenvalue weighted by Gasteiger charge is -2.08. The molecule has 0 saturated carbocycles. The first-order valence-electron chi connectivity index (χ1n) is 5.68. The van der Waals surface area contributed by atoms with Crippen molar-refractivity contribution in [3.05, 3.63) is 45.8 Å². The van der Waals surface area contributed by atoms with Gasteiger partial charge in [-0.3, -0.25) is 0 Å². The Morgan fingerprint density at radius 3 is 3.00 bits per heavy atom. The molecule has 0 radical (unpaired) electrons. The van der Waals surface area contributed by atoms with Crippen LogP contribution in [0.15, 0.2) is 29.0 Å². The molecule has 0 aliphatic heterocycles. The molecule has 0 aliphatic carbocycles. The van der Waals surface area contributed by atoms with Gasteiger partial charge in [-0.25, -0.2) is 4.98 Å². The van der Waals surface area contributed by atoms with E-state index in [2.05, 4.69) is 27.1 Å². The molecule has 2 rings (SSSR count). The van der Waals surface area contributed by atoms with Gasteiger partial charge in [0, 0.05) is 17.8 Å². The maximum absolute atomic E-state index is 5.63. The minimum atomic E-state index is 0.404. The van der Waals surface area contributed by atoms with E-state index in [1.54, 1.807) is 11.3 Å². The molecule has 0 bridgehead atoms. The van der Waals surface area contributed by atoms with Gasteiger partial charge in [0.05, 0.1) is 0 Å². The Balaban J connectivity index is 1.98. The first-order chi connectivity index (χ1) is 8.65. The predicted molar refractivity (Wildman–Crippen MR) is 81.4 cm³/mol. The van der Waals surface area contributed by atoms with E-state index in [1.165, 1.54) is 5.56 Å². The molecule has 3 nitrogen and oxygen atoms in total. The number of hydrogen-bond acceptors (Lipinski definition) is 4. The molecule has 0 fully saturated rings. The molecule has 0 aliphatic rings. The van der Waals surface area contributed by atoms with Gasteiger partial charge in [-0.2, -0.15) is 11.3 Å². The zero-order valence-electron chi connectivity index (χ0n) is 10.1. The van der Waals surface area contributed by atoms with Gasteiger partial charge in [0.2, 0.25) is 0 Å². The molecule has 0 unspecified atom stereocenters. The Labute approximate surface area is 116 Å². The zero-order valence-corrected chi connectivity index (χ0v) is 11.8. The fourth-order valence-corrected chi connectivity index (χ4v) is 2.49. The SMILES string of the molecule is Cc1cc(C(N)=S)cc(NCCc2ccsc2)n1. The molecule has 2 aromatic rings. The molecule has 0 aromatic carbocycles. The van der Waals surface area contributed by atoms with E-state index in [-0.39, 0.29) is 0 Å². The normalized spacial score (nSPS) is 10.3. The standard InChI is InChI=1S/C13H15N3S2/c1-9-6-11(13(14)17)7-12(16-9)15-4-2-10-3-5-18-8-10/h3,5-8H,2,4H2,1H3,(H2,14,17)(H,15,16). The second-order valence-corrected chi connectivity index (χ2v) is 5.27. The molecular formula is C13H15N3S2. The number of nitrogens with one attached hydrogen (secondary N) is 1. The highest BCUT2D eigenvalue weighted by Gasteiger charge is 2.02. The Bertz CT molecular complexity index is 535. The van der Waals surface area contributed by atoms with Crippen molar-refractivity contribution in [3.8, 4) is 0 Å². The largest absolute Gasteiger partial charge is 0.389 e. The maximum atomic E-state index is 5.63. The smallest absolute Gasteiger partial charge is 0.126 e. The summed E-state index contributed by atoms with van der Waals surface area (Å²) in [5, 5.41) is 7.54. The van der Waals surface area contributed by atoms with Crippen LogP contribution in [0.2, 0.25) is 0 Å². The van der Waals surface area contributed by atoms with Crippen LogP contribution in [0.4, 0.5) is 5.82 Å². The maximum Gasteiger partial charge on any atom is 0.126 e. The van der Waals surface area contributed by atoms with Crippen LogP contribution < -0.4 is 11.1 Å². The third-order valence-corrected chi connectivity index (χ3v) is 3.51. The number of pyridine rings is 1. The summed E-state index contributed by atoms with van der Waals surface area (Å²) >= 11 is 6.70. The van der Waals surface area contributed by atoms with Crippen LogP contribution in [0.25, 0.3) is 0 Å². The number of hydrogen-bond donors (Lipinski definition) is 2. The highest BCUT2D eigenvalue weighted by atomic mass is 32.1. The van der Waals surface area contributed by atoms with Gasteiger partial charge in [-0.1, -0.05) is 12.2 Å². The average molecular weight is 277 g/mol. The molecule has 5 heteroatoms. The fraction of sp³-hybridized carbons (Fsp3) is 0.231. The molecule has 2 aromatic heterocycles. The molecule has 0 atom stereocenters. The molecule has 2 heterocycles. The number of nitrogens with zero attached hydrogens (tertiary/aromatic N) is 1. The number of aromatic nitrogens is 1. The number of nitrogens with two attached hydrogens (primary N) is 1. The van der Waals surface area contributed by atoms with Crippen molar-refractivity contribution in [3.63, 3.8) is 0 Å². The van der Waals surface area contributed by atoms with E-state index in [4.69, 9.17) is 18.0 Å². The lowest BCUT2D eigenvalue weighted by atomic mass is 10.2. The van der Waals surface area contributed by atoms with Crippen molar-refractivity contribution in [1.82, 2.24) is 4.98 Å². The van der Waals surface area contributed by atoms with Crippen LogP contribution in [-0.4, -0.2) is 16.5 Å². The van der Waals surface area contributed by atoms with Crippen LogP contribution in [-0.2, 0) is 6.42 Å². The molecule has 0 spiro atoms. The number of thiocarbonyl (C=S) groups is 1. The van der Waals surface area contributed by atoms with Gasteiger partial charge in [-0.05, 0) is 47.9 Å². The summed E-state index contributed by atoms with van der Waals surface area (Å²) in [5.74, 6) is 0.827. The van der Waals surface area contributed by atoms with Crippen LogP contribution in [0.3, 0.4) is 0 Å². The minimum absolute atomic E-state index is 0.404. The predicted octanol–water partition coefficient (Wildman–Crippen LogP) is 2.74. The molecule has 94 valence electrons. The fourth-order valence-electron chi connectivity index (χ4n) is 1.67. The Kier molecular flexibility index (Phi) is 4.28. The van der Waals surface area contributed by atoms with Gasteiger partial charge < -0.3 is 11.1 Å². The minimum Gasteiger partial charge on any atom is -0.389 e. The molecule has 3 N–H and O–H groups in total. The van der Waals surface area contributed by atoms with Crippen molar-refractivity contribution >= 4 is 34.4 Å². The average Bonchev–Trinajstić information content (AvgIpc) is 2.81. The summed E-state index contributed by atoms with van der Waals surface area (Å²) in [6.45, 7) is 2.79. The Hall–Kier alpha value is -1.46. The number of anilines is 1. The van der Waals surface area contributed by atoms with E-state index in [0.717, 1.165) is 30.0 Å². The van der Waals surface area contributed by atoms with Gasteiger partial charge in [0.25, 0.3) is 0 Å².